The van der Waals surface area contributed by atoms with Gasteiger partial charge in [0.15, 0.2) is 6.04 Å². The molecule has 0 aliphatic carbocycles. The van der Waals surface area contributed by atoms with Crippen LogP contribution in [0.5, 0.6) is 0 Å². The summed E-state index contributed by atoms with van der Waals surface area (Å²) in [6.07, 6.45) is 1.87. The zero-order chi connectivity index (χ0) is 13.5. The number of benzene rings is 1. The molecule has 0 aromatic heterocycles. The minimum Gasteiger partial charge on any atom is -0.318 e. The summed E-state index contributed by atoms with van der Waals surface area (Å²) in [7, 11) is 0. The third-order valence-electron chi connectivity index (χ3n) is 3.02. The van der Waals surface area contributed by atoms with Crippen LogP contribution in [0.25, 0.3) is 0 Å². The lowest BCUT2D eigenvalue weighted by Gasteiger charge is -2.29. The maximum atomic E-state index is 13.3. The number of alkyl halides is 3. The molecule has 0 saturated heterocycles. The molecule has 19 heavy (non-hydrogen) atoms. The second-order valence-electron chi connectivity index (χ2n) is 4.27. The van der Waals surface area contributed by atoms with Crippen LogP contribution in [0.15, 0.2) is 59.8 Å². The lowest BCUT2D eigenvalue weighted by molar-refractivity contribution is -0.160. The lowest BCUT2D eigenvalue weighted by atomic mass is 9.99. The van der Waals surface area contributed by atoms with Crippen molar-refractivity contribution in [3.8, 4) is 0 Å². The molecule has 3 rings (SSSR count). The van der Waals surface area contributed by atoms with E-state index in [9.17, 15) is 13.2 Å². The summed E-state index contributed by atoms with van der Waals surface area (Å²) in [5, 5.41) is 0. The molecule has 0 spiro atoms. The Hall–Kier alpha value is -2.04. The number of rotatable bonds is 1. The monoisotopic (exact) mass is 263 g/mol. The van der Waals surface area contributed by atoms with Crippen molar-refractivity contribution in [2.24, 2.45) is 4.99 Å². The highest BCUT2D eigenvalue weighted by atomic mass is 19.4. The van der Waals surface area contributed by atoms with E-state index in [2.05, 4.69) is 4.99 Å². The van der Waals surface area contributed by atoms with Gasteiger partial charge in [0.2, 0.25) is 0 Å². The van der Waals surface area contributed by atoms with Crippen molar-refractivity contribution in [3.63, 3.8) is 0 Å². The number of aliphatic imine (C=N–C) groups is 1. The van der Waals surface area contributed by atoms with Crippen LogP contribution in [-0.4, -0.2) is 23.0 Å². The molecule has 1 aromatic carbocycles. The third kappa shape index (κ3) is 2.05. The van der Waals surface area contributed by atoms with Crippen molar-refractivity contribution in [2.45, 2.75) is 12.2 Å². The normalized spacial score (nSPS) is 22.6. The van der Waals surface area contributed by atoms with Crippen LogP contribution in [0, 0.1) is 6.04 Å². The molecule has 97 valence electrons. The van der Waals surface area contributed by atoms with Crippen LogP contribution in [0.4, 0.5) is 13.2 Å². The quantitative estimate of drug-likeness (QED) is 0.759. The van der Waals surface area contributed by atoms with Crippen LogP contribution < -0.4 is 0 Å². The van der Waals surface area contributed by atoms with E-state index in [1.54, 1.807) is 48.6 Å². The predicted molar refractivity (Wildman–Crippen MR) is 66.2 cm³/mol. The number of hydrogen-bond acceptors (Lipinski definition) is 2. The van der Waals surface area contributed by atoms with E-state index in [4.69, 9.17) is 0 Å². The zero-order valence-electron chi connectivity index (χ0n) is 9.80. The van der Waals surface area contributed by atoms with Gasteiger partial charge in [-0.3, -0.25) is 4.99 Å². The van der Waals surface area contributed by atoms with Gasteiger partial charge >= 0.3 is 6.18 Å². The van der Waals surface area contributed by atoms with Gasteiger partial charge in [0.05, 0.1) is 0 Å². The first-order chi connectivity index (χ1) is 9.07. The van der Waals surface area contributed by atoms with Gasteiger partial charge in [0.1, 0.15) is 11.9 Å². The van der Waals surface area contributed by atoms with E-state index in [-0.39, 0.29) is 6.04 Å². The van der Waals surface area contributed by atoms with E-state index in [1.165, 1.54) is 6.20 Å². The topological polar surface area (TPSA) is 15.6 Å². The number of fused-ring (bicyclic) bond motifs is 1. The van der Waals surface area contributed by atoms with Gasteiger partial charge in [-0.15, -0.1) is 0 Å². The molecule has 2 heterocycles. The maximum Gasteiger partial charge on any atom is 0.412 e. The predicted octanol–water partition coefficient (Wildman–Crippen LogP) is 3.30. The van der Waals surface area contributed by atoms with Crippen molar-refractivity contribution in [2.75, 3.05) is 0 Å². The third-order valence-corrected chi connectivity index (χ3v) is 3.02. The Kier molecular flexibility index (Phi) is 2.69. The molecule has 0 amide bonds. The van der Waals surface area contributed by atoms with Gasteiger partial charge in [0, 0.05) is 6.20 Å². The Morgan fingerprint density at radius 3 is 2.47 bits per heavy atom. The molecule has 0 saturated carbocycles. The minimum absolute atomic E-state index is 0.0410. The summed E-state index contributed by atoms with van der Waals surface area (Å²) in [5.41, 5.74) is 0.494. The number of allylic oxidation sites excluding steroid dienone is 2. The maximum absolute atomic E-state index is 13.3. The summed E-state index contributed by atoms with van der Waals surface area (Å²) in [6.45, 7) is 0. The summed E-state index contributed by atoms with van der Waals surface area (Å²) >= 11 is 0. The van der Waals surface area contributed by atoms with Crippen LogP contribution in [0.3, 0.4) is 0 Å². The van der Waals surface area contributed by atoms with E-state index in [0.717, 1.165) is 4.90 Å². The van der Waals surface area contributed by atoms with Crippen molar-refractivity contribution < 1.29 is 13.2 Å². The van der Waals surface area contributed by atoms with Gasteiger partial charge in [0.25, 0.3) is 0 Å². The van der Waals surface area contributed by atoms with Crippen LogP contribution in [0.1, 0.15) is 5.56 Å². The molecule has 5 heteroatoms. The zero-order valence-corrected chi connectivity index (χ0v) is 9.80. The Labute approximate surface area is 108 Å². The fourth-order valence-electron chi connectivity index (χ4n) is 2.22. The highest BCUT2D eigenvalue weighted by molar-refractivity contribution is 5.98. The van der Waals surface area contributed by atoms with Crippen molar-refractivity contribution in [1.29, 1.82) is 0 Å². The Morgan fingerprint density at radius 1 is 1.05 bits per heavy atom. The Bertz CT molecular complexity index is 558. The SMILES string of the molecule is FC(F)(F)C1[C](c2ccccc2)N=C2C=CC=CN21. The molecule has 2 aliphatic heterocycles. The molecule has 1 radical (unpaired) electrons. The van der Waals surface area contributed by atoms with Gasteiger partial charge in [-0.2, -0.15) is 13.2 Å². The Morgan fingerprint density at radius 2 is 1.79 bits per heavy atom. The molecule has 2 nitrogen and oxygen atoms in total. The molecular weight excluding hydrogens is 253 g/mol. The highest BCUT2D eigenvalue weighted by Gasteiger charge is 2.53. The largest absolute Gasteiger partial charge is 0.412 e. The molecular formula is C14H10F3N2. The number of halogens is 3. The molecule has 1 atom stereocenters. The van der Waals surface area contributed by atoms with Gasteiger partial charge in [-0.05, 0) is 17.7 Å². The molecule has 1 aromatic rings. The molecule has 2 aliphatic rings. The molecule has 0 bridgehead atoms. The van der Waals surface area contributed by atoms with Gasteiger partial charge < -0.3 is 4.90 Å². The summed E-state index contributed by atoms with van der Waals surface area (Å²) in [4.78, 5) is 5.28. The number of nitrogens with zero attached hydrogens (tertiary/aromatic N) is 2. The van der Waals surface area contributed by atoms with E-state index in [1.807, 2.05) is 0 Å². The average Bonchev–Trinajstić information content (AvgIpc) is 2.79. The summed E-state index contributed by atoms with van der Waals surface area (Å²) in [5.74, 6) is 0.323. The molecule has 0 N–H and O–H groups in total. The first-order valence-electron chi connectivity index (χ1n) is 5.78. The fraction of sp³-hybridized carbons (Fsp3) is 0.143. The lowest BCUT2D eigenvalue weighted by Crippen LogP contribution is -2.44. The number of amidine groups is 1. The fourth-order valence-corrected chi connectivity index (χ4v) is 2.22. The second-order valence-corrected chi connectivity index (χ2v) is 4.27. The van der Waals surface area contributed by atoms with Crippen molar-refractivity contribution in [3.05, 3.63) is 66.4 Å². The summed E-state index contributed by atoms with van der Waals surface area (Å²) in [6, 6.07) is 6.79. The molecule has 0 fully saturated rings. The van der Waals surface area contributed by atoms with Crippen LogP contribution in [-0.2, 0) is 0 Å². The van der Waals surface area contributed by atoms with Crippen molar-refractivity contribution in [1.82, 2.24) is 4.90 Å². The first-order valence-corrected chi connectivity index (χ1v) is 5.78. The van der Waals surface area contributed by atoms with Crippen LogP contribution >= 0.6 is 0 Å². The van der Waals surface area contributed by atoms with Crippen LogP contribution in [0.2, 0.25) is 0 Å². The van der Waals surface area contributed by atoms with E-state index >= 15 is 0 Å². The van der Waals surface area contributed by atoms with Gasteiger partial charge in [-0.1, -0.05) is 36.4 Å². The Balaban J connectivity index is 2.05. The standard InChI is InChI=1S/C14H10F3N2/c15-14(16,17)13-12(10-6-2-1-3-7-10)18-11-8-4-5-9-19(11)13/h1-9,13H. The summed E-state index contributed by atoms with van der Waals surface area (Å²) < 4.78 is 39.8. The highest BCUT2D eigenvalue weighted by Crippen LogP contribution is 2.41. The smallest absolute Gasteiger partial charge is 0.318 e. The van der Waals surface area contributed by atoms with Gasteiger partial charge in [-0.25, -0.2) is 0 Å². The molecule has 1 unspecified atom stereocenters. The first kappa shape index (κ1) is 12.0. The second kappa shape index (κ2) is 4.26. The van der Waals surface area contributed by atoms with Crippen molar-refractivity contribution >= 4 is 5.84 Å². The van der Waals surface area contributed by atoms with E-state index in [0.29, 0.717) is 11.4 Å². The number of hydrogen-bond donors (Lipinski definition) is 0. The average molecular weight is 263 g/mol. The van der Waals surface area contributed by atoms with E-state index < -0.39 is 12.2 Å². The minimum atomic E-state index is -4.37.